The van der Waals surface area contributed by atoms with Crippen molar-refractivity contribution in [2.24, 2.45) is 5.92 Å². The van der Waals surface area contributed by atoms with Gasteiger partial charge in [-0.05, 0) is 24.4 Å². The molecule has 0 fully saturated rings. The first-order valence-electron chi connectivity index (χ1n) is 8.17. The molecule has 0 aliphatic rings. The Hall–Kier alpha value is -0.900. The Kier molecular flexibility index (Phi) is 9.31. The zero-order chi connectivity index (χ0) is 15.5. The summed E-state index contributed by atoms with van der Waals surface area (Å²) in [6.45, 7) is 11.8. The fourth-order valence-corrected chi connectivity index (χ4v) is 2.66. The molecule has 0 aromatic heterocycles. The number of methoxy groups -OCH3 is 1. The highest BCUT2D eigenvalue weighted by atomic mass is 16.5. The standard InChI is InChI=1S/C18H32N2O/c1-5-19-18(17-9-7-6-8-10-17)11-12-20(13-14-21-4)15-16(2)3/h6-10,16,18-19H,5,11-15H2,1-4H3. The Bertz CT molecular complexity index is 353. The Balaban J connectivity index is 2.56. The van der Waals surface area contributed by atoms with Gasteiger partial charge in [-0.25, -0.2) is 0 Å². The highest BCUT2D eigenvalue weighted by Crippen LogP contribution is 2.17. The molecule has 0 aliphatic heterocycles. The SMILES string of the molecule is CCNC(CCN(CCOC)CC(C)C)c1ccccc1. The van der Waals surface area contributed by atoms with Crippen molar-refractivity contribution in [1.82, 2.24) is 10.2 Å². The van der Waals surface area contributed by atoms with Gasteiger partial charge in [-0.1, -0.05) is 51.1 Å². The molecular formula is C18H32N2O. The van der Waals surface area contributed by atoms with E-state index in [-0.39, 0.29) is 0 Å². The first kappa shape index (κ1) is 18.1. The number of rotatable bonds is 11. The molecular weight excluding hydrogens is 260 g/mol. The van der Waals surface area contributed by atoms with Gasteiger partial charge in [0.15, 0.2) is 0 Å². The molecule has 1 N–H and O–H groups in total. The lowest BCUT2D eigenvalue weighted by molar-refractivity contribution is 0.136. The van der Waals surface area contributed by atoms with Gasteiger partial charge < -0.3 is 15.0 Å². The number of ether oxygens (including phenoxy) is 1. The summed E-state index contributed by atoms with van der Waals surface area (Å²) in [7, 11) is 1.78. The number of hydrogen-bond acceptors (Lipinski definition) is 3. The van der Waals surface area contributed by atoms with Crippen molar-refractivity contribution in [3.05, 3.63) is 35.9 Å². The average Bonchev–Trinajstić information content (AvgIpc) is 2.49. The molecule has 1 atom stereocenters. The number of nitrogens with zero attached hydrogens (tertiary/aromatic N) is 1. The minimum atomic E-state index is 0.438. The van der Waals surface area contributed by atoms with Gasteiger partial charge in [-0.2, -0.15) is 0 Å². The molecule has 3 heteroatoms. The summed E-state index contributed by atoms with van der Waals surface area (Å²) in [6, 6.07) is 11.2. The predicted octanol–water partition coefficient (Wildman–Crippen LogP) is 3.33. The summed E-state index contributed by atoms with van der Waals surface area (Å²) in [4.78, 5) is 2.52. The lowest BCUT2D eigenvalue weighted by Crippen LogP contribution is -2.34. The van der Waals surface area contributed by atoms with Gasteiger partial charge in [0, 0.05) is 32.8 Å². The van der Waals surface area contributed by atoms with E-state index in [2.05, 4.69) is 61.3 Å². The Morgan fingerprint density at radius 3 is 2.43 bits per heavy atom. The average molecular weight is 292 g/mol. The minimum absolute atomic E-state index is 0.438. The molecule has 120 valence electrons. The van der Waals surface area contributed by atoms with Crippen LogP contribution in [-0.2, 0) is 4.74 Å². The zero-order valence-corrected chi connectivity index (χ0v) is 14.1. The van der Waals surface area contributed by atoms with Crippen molar-refractivity contribution in [3.8, 4) is 0 Å². The van der Waals surface area contributed by atoms with Crippen molar-refractivity contribution < 1.29 is 4.74 Å². The maximum atomic E-state index is 5.24. The van der Waals surface area contributed by atoms with E-state index < -0.39 is 0 Å². The quantitative estimate of drug-likeness (QED) is 0.677. The van der Waals surface area contributed by atoms with Gasteiger partial charge in [0.05, 0.1) is 6.61 Å². The molecule has 0 saturated heterocycles. The van der Waals surface area contributed by atoms with Gasteiger partial charge in [0.1, 0.15) is 0 Å². The zero-order valence-electron chi connectivity index (χ0n) is 14.1. The summed E-state index contributed by atoms with van der Waals surface area (Å²) in [5.41, 5.74) is 1.38. The molecule has 0 bridgehead atoms. The summed E-state index contributed by atoms with van der Waals surface area (Å²) >= 11 is 0. The fourth-order valence-electron chi connectivity index (χ4n) is 2.66. The predicted molar refractivity (Wildman–Crippen MR) is 90.6 cm³/mol. The molecule has 0 heterocycles. The van der Waals surface area contributed by atoms with Crippen molar-refractivity contribution in [3.63, 3.8) is 0 Å². The Morgan fingerprint density at radius 1 is 1.14 bits per heavy atom. The van der Waals surface area contributed by atoms with Gasteiger partial charge in [-0.15, -0.1) is 0 Å². The van der Waals surface area contributed by atoms with E-state index in [0.717, 1.165) is 39.2 Å². The third-order valence-electron chi connectivity index (χ3n) is 3.62. The second-order valence-corrected chi connectivity index (χ2v) is 6.00. The Labute approximate surface area is 130 Å². The summed E-state index contributed by atoms with van der Waals surface area (Å²) < 4.78 is 5.24. The molecule has 1 unspecified atom stereocenters. The highest BCUT2D eigenvalue weighted by molar-refractivity contribution is 5.18. The summed E-state index contributed by atoms with van der Waals surface area (Å²) in [6.07, 6.45) is 1.13. The molecule has 0 aliphatic carbocycles. The van der Waals surface area contributed by atoms with Crippen LogP contribution in [0.5, 0.6) is 0 Å². The number of nitrogens with one attached hydrogen (secondary N) is 1. The van der Waals surface area contributed by atoms with Crippen molar-refractivity contribution in [2.45, 2.75) is 33.2 Å². The van der Waals surface area contributed by atoms with E-state index in [9.17, 15) is 0 Å². The third kappa shape index (κ3) is 7.60. The lowest BCUT2D eigenvalue weighted by Gasteiger charge is -2.27. The van der Waals surface area contributed by atoms with Crippen LogP contribution >= 0.6 is 0 Å². The molecule has 21 heavy (non-hydrogen) atoms. The van der Waals surface area contributed by atoms with Crippen LogP contribution in [0.1, 0.15) is 38.8 Å². The first-order chi connectivity index (χ1) is 10.2. The smallest absolute Gasteiger partial charge is 0.0589 e. The van der Waals surface area contributed by atoms with Crippen LogP contribution in [0.15, 0.2) is 30.3 Å². The molecule has 3 nitrogen and oxygen atoms in total. The maximum Gasteiger partial charge on any atom is 0.0589 e. The van der Waals surface area contributed by atoms with Crippen LogP contribution < -0.4 is 5.32 Å². The fraction of sp³-hybridized carbons (Fsp3) is 0.667. The van der Waals surface area contributed by atoms with Crippen LogP contribution in [0.3, 0.4) is 0 Å². The van der Waals surface area contributed by atoms with Gasteiger partial charge in [-0.3, -0.25) is 0 Å². The normalized spacial score (nSPS) is 13.0. The minimum Gasteiger partial charge on any atom is -0.383 e. The molecule has 1 rings (SSSR count). The van der Waals surface area contributed by atoms with E-state index in [4.69, 9.17) is 4.74 Å². The lowest BCUT2D eigenvalue weighted by atomic mass is 10.0. The van der Waals surface area contributed by atoms with E-state index in [0.29, 0.717) is 12.0 Å². The van der Waals surface area contributed by atoms with Crippen LogP contribution in [0.2, 0.25) is 0 Å². The Morgan fingerprint density at radius 2 is 1.86 bits per heavy atom. The molecule has 0 amide bonds. The number of hydrogen-bond donors (Lipinski definition) is 1. The van der Waals surface area contributed by atoms with Gasteiger partial charge in [0.25, 0.3) is 0 Å². The van der Waals surface area contributed by atoms with Crippen LogP contribution in [-0.4, -0.2) is 44.8 Å². The van der Waals surface area contributed by atoms with Crippen molar-refractivity contribution >= 4 is 0 Å². The van der Waals surface area contributed by atoms with Crippen LogP contribution in [0.25, 0.3) is 0 Å². The molecule has 1 aromatic rings. The third-order valence-corrected chi connectivity index (χ3v) is 3.62. The summed E-state index contributed by atoms with van der Waals surface area (Å²) in [5, 5.41) is 3.61. The van der Waals surface area contributed by atoms with Gasteiger partial charge in [0.2, 0.25) is 0 Å². The number of benzene rings is 1. The molecule has 0 spiro atoms. The first-order valence-corrected chi connectivity index (χ1v) is 8.17. The van der Waals surface area contributed by atoms with E-state index in [1.54, 1.807) is 7.11 Å². The molecule has 1 aromatic carbocycles. The molecule has 0 radical (unpaired) electrons. The highest BCUT2D eigenvalue weighted by Gasteiger charge is 2.13. The van der Waals surface area contributed by atoms with Crippen molar-refractivity contribution in [2.75, 3.05) is 39.9 Å². The van der Waals surface area contributed by atoms with Gasteiger partial charge >= 0.3 is 0 Å². The van der Waals surface area contributed by atoms with E-state index in [1.807, 2.05) is 0 Å². The summed E-state index contributed by atoms with van der Waals surface area (Å²) in [5.74, 6) is 0.691. The van der Waals surface area contributed by atoms with Crippen LogP contribution in [0, 0.1) is 5.92 Å². The van der Waals surface area contributed by atoms with E-state index >= 15 is 0 Å². The second-order valence-electron chi connectivity index (χ2n) is 6.00. The van der Waals surface area contributed by atoms with E-state index in [1.165, 1.54) is 5.56 Å². The van der Waals surface area contributed by atoms with Crippen LogP contribution in [0.4, 0.5) is 0 Å². The maximum absolute atomic E-state index is 5.24. The topological polar surface area (TPSA) is 24.5 Å². The second kappa shape index (κ2) is 10.8. The van der Waals surface area contributed by atoms with Crippen molar-refractivity contribution in [1.29, 1.82) is 0 Å². The largest absolute Gasteiger partial charge is 0.383 e. The monoisotopic (exact) mass is 292 g/mol. The molecule has 0 saturated carbocycles.